The van der Waals surface area contributed by atoms with Crippen LogP contribution in [0.4, 0.5) is 13.2 Å². The van der Waals surface area contributed by atoms with E-state index in [1.807, 2.05) is 0 Å². The molecule has 0 aromatic heterocycles. The lowest BCUT2D eigenvalue weighted by Crippen LogP contribution is -2.19. The first-order valence-electron chi connectivity index (χ1n) is 4.13. The minimum Gasteiger partial charge on any atom is -0.211 e. The summed E-state index contributed by atoms with van der Waals surface area (Å²) in [6.07, 6.45) is 1.20. The van der Waals surface area contributed by atoms with Crippen LogP contribution in [-0.2, 0) is 10.3 Å². The van der Waals surface area contributed by atoms with Crippen LogP contribution in [0.3, 0.4) is 0 Å². The van der Waals surface area contributed by atoms with Crippen LogP contribution in [0.15, 0.2) is 17.1 Å². The third-order valence-corrected chi connectivity index (χ3v) is 1.98. The summed E-state index contributed by atoms with van der Waals surface area (Å²) >= 11 is 0. The van der Waals surface area contributed by atoms with E-state index in [0.717, 1.165) is 6.07 Å². The fourth-order valence-corrected chi connectivity index (χ4v) is 1.26. The van der Waals surface area contributed by atoms with Gasteiger partial charge in [0.25, 0.3) is 0 Å². The van der Waals surface area contributed by atoms with Gasteiger partial charge in [-0.2, -0.15) is 4.99 Å². The van der Waals surface area contributed by atoms with Crippen LogP contribution in [0.2, 0.25) is 0 Å². The third-order valence-electron chi connectivity index (χ3n) is 1.98. The number of rotatable bonds is 2. The Morgan fingerprint density at radius 3 is 2.27 bits per heavy atom. The van der Waals surface area contributed by atoms with E-state index in [1.165, 1.54) is 19.9 Å². The fraction of sp³-hybridized carbons (Fsp3) is 0.300. The average Bonchev–Trinajstić information content (AvgIpc) is 2.11. The summed E-state index contributed by atoms with van der Waals surface area (Å²) in [5.74, 6) is -3.46. The predicted octanol–water partition coefficient (Wildman–Crippen LogP) is 2.67. The van der Waals surface area contributed by atoms with Crippen molar-refractivity contribution < 1.29 is 18.0 Å². The molecule has 0 aliphatic heterocycles. The number of benzene rings is 1. The van der Waals surface area contributed by atoms with E-state index in [4.69, 9.17) is 0 Å². The molecule has 0 unspecified atom stereocenters. The van der Waals surface area contributed by atoms with Gasteiger partial charge in [0.1, 0.15) is 5.82 Å². The maximum atomic E-state index is 13.3. The summed E-state index contributed by atoms with van der Waals surface area (Å²) in [7, 11) is 0. The van der Waals surface area contributed by atoms with Gasteiger partial charge in [0.05, 0.1) is 11.1 Å². The molecule has 1 rings (SSSR count). The zero-order valence-electron chi connectivity index (χ0n) is 8.14. The minimum absolute atomic E-state index is 0.578. The average molecular weight is 215 g/mol. The van der Waals surface area contributed by atoms with Crippen molar-refractivity contribution in [3.05, 3.63) is 35.1 Å². The number of hydrogen-bond acceptors (Lipinski definition) is 2. The van der Waals surface area contributed by atoms with Gasteiger partial charge < -0.3 is 0 Å². The number of nitrogens with zero attached hydrogens (tertiary/aromatic N) is 1. The van der Waals surface area contributed by atoms with Gasteiger partial charge in [-0.1, -0.05) is 0 Å². The molecule has 0 saturated heterocycles. The second-order valence-corrected chi connectivity index (χ2v) is 3.48. The first kappa shape index (κ1) is 11.5. The van der Waals surface area contributed by atoms with Crippen LogP contribution in [0.5, 0.6) is 0 Å². The molecule has 0 spiro atoms. The summed E-state index contributed by atoms with van der Waals surface area (Å²) < 4.78 is 39.4. The molecule has 0 radical (unpaired) electrons. The van der Waals surface area contributed by atoms with Crippen LogP contribution in [0.25, 0.3) is 0 Å². The fourth-order valence-electron chi connectivity index (χ4n) is 1.26. The molecule has 0 heterocycles. The van der Waals surface area contributed by atoms with Gasteiger partial charge in [0.15, 0.2) is 11.6 Å². The van der Waals surface area contributed by atoms with Crippen molar-refractivity contribution in [1.29, 1.82) is 0 Å². The van der Waals surface area contributed by atoms with Crippen LogP contribution >= 0.6 is 0 Å². The van der Waals surface area contributed by atoms with Crippen molar-refractivity contribution in [2.45, 2.75) is 19.4 Å². The van der Waals surface area contributed by atoms with E-state index in [9.17, 15) is 18.0 Å². The van der Waals surface area contributed by atoms with Crippen LogP contribution in [0, 0.1) is 17.5 Å². The highest BCUT2D eigenvalue weighted by molar-refractivity contribution is 5.38. The van der Waals surface area contributed by atoms with E-state index in [0.29, 0.717) is 6.07 Å². The minimum atomic E-state index is -1.47. The smallest absolute Gasteiger partial charge is 0.211 e. The van der Waals surface area contributed by atoms with Gasteiger partial charge >= 0.3 is 0 Å². The first-order chi connectivity index (χ1) is 6.90. The molecule has 1 aromatic rings. The van der Waals surface area contributed by atoms with Gasteiger partial charge in [0, 0.05) is 0 Å². The zero-order chi connectivity index (χ0) is 11.6. The topological polar surface area (TPSA) is 29.4 Å². The normalized spacial score (nSPS) is 11.0. The second kappa shape index (κ2) is 3.87. The Labute approximate surface area is 84.4 Å². The number of hydrogen-bond donors (Lipinski definition) is 0. The summed E-state index contributed by atoms with van der Waals surface area (Å²) in [5.41, 5.74) is -2.05. The molecule has 0 atom stereocenters. The SMILES string of the molecule is CC(C)(N=C=O)c1c(F)ccc(F)c1F. The maximum absolute atomic E-state index is 13.3. The molecule has 0 bridgehead atoms. The summed E-state index contributed by atoms with van der Waals surface area (Å²) in [4.78, 5) is 13.3. The Hall–Kier alpha value is -1.61. The summed E-state index contributed by atoms with van der Waals surface area (Å²) in [6.45, 7) is 2.58. The van der Waals surface area contributed by atoms with Crippen molar-refractivity contribution >= 4 is 6.08 Å². The molecule has 1 aromatic carbocycles. The largest absolute Gasteiger partial charge is 0.235 e. The van der Waals surface area contributed by atoms with Gasteiger partial charge in [-0.05, 0) is 26.0 Å². The van der Waals surface area contributed by atoms with E-state index in [1.54, 1.807) is 0 Å². The lowest BCUT2D eigenvalue weighted by atomic mass is 9.94. The van der Waals surface area contributed by atoms with Gasteiger partial charge in [-0.25, -0.2) is 18.0 Å². The molecule has 0 saturated carbocycles. The lowest BCUT2D eigenvalue weighted by Gasteiger charge is -2.19. The molecule has 15 heavy (non-hydrogen) atoms. The van der Waals surface area contributed by atoms with Crippen molar-refractivity contribution in [1.82, 2.24) is 0 Å². The van der Waals surface area contributed by atoms with E-state index < -0.39 is 28.6 Å². The summed E-state index contributed by atoms with van der Waals surface area (Å²) in [5, 5.41) is 0. The molecular formula is C10H8F3NO. The van der Waals surface area contributed by atoms with Crippen molar-refractivity contribution in [2.24, 2.45) is 4.99 Å². The first-order valence-corrected chi connectivity index (χ1v) is 4.13. The number of isocyanates is 1. The molecule has 2 nitrogen and oxygen atoms in total. The molecular weight excluding hydrogens is 207 g/mol. The molecule has 0 aliphatic rings. The van der Waals surface area contributed by atoms with Crippen LogP contribution in [0.1, 0.15) is 19.4 Å². The Kier molecular flexibility index (Phi) is 2.95. The molecule has 0 amide bonds. The highest BCUT2D eigenvalue weighted by Gasteiger charge is 2.29. The summed E-state index contributed by atoms with van der Waals surface area (Å²) in [6, 6.07) is 1.46. The van der Waals surface area contributed by atoms with Crippen molar-refractivity contribution in [2.75, 3.05) is 0 Å². The lowest BCUT2D eigenvalue weighted by molar-refractivity contribution is 0.424. The Morgan fingerprint density at radius 1 is 1.20 bits per heavy atom. The highest BCUT2D eigenvalue weighted by Crippen LogP contribution is 2.30. The number of halogens is 3. The molecule has 0 fully saturated rings. The highest BCUT2D eigenvalue weighted by atomic mass is 19.2. The van der Waals surface area contributed by atoms with Gasteiger partial charge in [0.2, 0.25) is 6.08 Å². The molecule has 0 aliphatic carbocycles. The van der Waals surface area contributed by atoms with E-state index in [2.05, 4.69) is 4.99 Å². The Balaban J connectivity index is 3.48. The Bertz CT molecular complexity index is 437. The zero-order valence-corrected chi connectivity index (χ0v) is 8.14. The molecule has 0 N–H and O–H groups in total. The van der Waals surface area contributed by atoms with Crippen LogP contribution < -0.4 is 0 Å². The van der Waals surface area contributed by atoms with E-state index in [-0.39, 0.29) is 0 Å². The molecule has 80 valence electrons. The monoisotopic (exact) mass is 215 g/mol. The standard InChI is InChI=1S/C10H8F3NO/c1-10(2,14-5-15)8-6(11)3-4-7(12)9(8)13/h3-4H,1-2H3. The van der Waals surface area contributed by atoms with Gasteiger partial charge in [-0.15, -0.1) is 0 Å². The maximum Gasteiger partial charge on any atom is 0.235 e. The molecule has 5 heteroatoms. The number of carbonyl (C=O) groups excluding carboxylic acids is 1. The quantitative estimate of drug-likeness (QED) is 0.423. The second-order valence-electron chi connectivity index (χ2n) is 3.48. The van der Waals surface area contributed by atoms with Crippen LogP contribution in [-0.4, -0.2) is 6.08 Å². The predicted molar refractivity (Wildman–Crippen MR) is 47.5 cm³/mol. The van der Waals surface area contributed by atoms with E-state index >= 15 is 0 Å². The van der Waals surface area contributed by atoms with Crippen molar-refractivity contribution in [3.8, 4) is 0 Å². The van der Waals surface area contributed by atoms with Crippen molar-refractivity contribution in [3.63, 3.8) is 0 Å². The third kappa shape index (κ3) is 2.07. The number of aliphatic imine (C=N–C) groups is 1. The Morgan fingerprint density at radius 2 is 1.73 bits per heavy atom. The van der Waals surface area contributed by atoms with Gasteiger partial charge in [-0.3, -0.25) is 0 Å².